The number of likely N-dealkylation sites (N-methyl/N-ethyl adjacent to an activating group) is 1. The first-order valence-corrected chi connectivity index (χ1v) is 14.1. The number of nitrogens with one attached hydrogen (secondary N) is 2. The maximum absolute atomic E-state index is 14.8. The summed E-state index contributed by atoms with van der Waals surface area (Å²) in [6, 6.07) is 8.26. The number of aromatic nitrogens is 2. The van der Waals surface area contributed by atoms with Gasteiger partial charge in [0.15, 0.2) is 0 Å². The molecule has 2 aromatic heterocycles. The fourth-order valence-electron chi connectivity index (χ4n) is 5.19. The van der Waals surface area contributed by atoms with Gasteiger partial charge >= 0.3 is 12.4 Å². The third-order valence-electron chi connectivity index (χ3n) is 7.88. The fourth-order valence-corrected chi connectivity index (χ4v) is 5.36. The van der Waals surface area contributed by atoms with Crippen LogP contribution in [-0.2, 0) is 22.0 Å². The Morgan fingerprint density at radius 2 is 1.77 bits per heavy atom. The lowest BCUT2D eigenvalue weighted by molar-refractivity contribution is -0.265. The summed E-state index contributed by atoms with van der Waals surface area (Å²) in [5, 5.41) is 16.4. The molecule has 2 amide bonds. The van der Waals surface area contributed by atoms with Crippen molar-refractivity contribution in [3.05, 3.63) is 82.1 Å². The second-order valence-corrected chi connectivity index (χ2v) is 11.4. The number of amides is 2. The highest BCUT2D eigenvalue weighted by atomic mass is 35.5. The lowest BCUT2D eigenvalue weighted by atomic mass is 9.81. The Labute approximate surface area is 267 Å². The largest absolute Gasteiger partial charge is 0.494 e. The highest BCUT2D eigenvalue weighted by Gasteiger charge is 2.58. The minimum Gasteiger partial charge on any atom is -0.494 e. The SMILES string of the molecule is CNC(=O)[C@@]1(C)COc2c1cc(C(O)(CNC(=O)c1cc(OC)c3ncc(Cl)cc3c1)C(F)(F)F)nc2-c1ccc(C(F)(F)F)cc1. The molecule has 1 unspecified atom stereocenters. The summed E-state index contributed by atoms with van der Waals surface area (Å²) in [4.78, 5) is 34.2. The van der Waals surface area contributed by atoms with Gasteiger partial charge in [-0.25, -0.2) is 4.98 Å². The highest BCUT2D eigenvalue weighted by Crippen LogP contribution is 2.48. The van der Waals surface area contributed by atoms with Gasteiger partial charge in [0, 0.05) is 35.3 Å². The molecule has 3 heterocycles. The lowest BCUT2D eigenvalue weighted by Crippen LogP contribution is -2.52. The van der Waals surface area contributed by atoms with Crippen molar-refractivity contribution in [1.29, 1.82) is 0 Å². The molecule has 1 aliphatic heterocycles. The summed E-state index contributed by atoms with van der Waals surface area (Å²) in [6.45, 7) is -0.398. The summed E-state index contributed by atoms with van der Waals surface area (Å²) in [7, 11) is 2.61. The standard InChI is InChI=1S/C31H25ClF6N4O5/c1-28(27(44)39-2)14-47-25-20(28)11-22(42-24(25)15-4-6-18(7-5-15)30(33,34)35)29(45,31(36,37)38)13-41-26(43)17-8-16-9-19(32)12-40-23(16)21(10-17)46-3/h4-12,45H,13-14H2,1-3H3,(H,39,44)(H,41,43)/t28-,29?/m0/s1. The van der Waals surface area contributed by atoms with E-state index in [-0.39, 0.29) is 45.5 Å². The zero-order valence-electron chi connectivity index (χ0n) is 24.7. The Kier molecular flexibility index (Phi) is 8.52. The van der Waals surface area contributed by atoms with Crippen LogP contribution in [0, 0.1) is 0 Å². The van der Waals surface area contributed by atoms with Crippen LogP contribution in [0.25, 0.3) is 22.2 Å². The van der Waals surface area contributed by atoms with E-state index in [9.17, 15) is 41.0 Å². The van der Waals surface area contributed by atoms with E-state index in [1.165, 1.54) is 45.5 Å². The number of carbonyl (C=O) groups excluding carboxylic acids is 2. The third-order valence-corrected chi connectivity index (χ3v) is 8.09. The minimum atomic E-state index is -5.46. The molecule has 1 aliphatic rings. The Morgan fingerprint density at radius 3 is 2.36 bits per heavy atom. The molecule has 3 N–H and O–H groups in total. The van der Waals surface area contributed by atoms with E-state index >= 15 is 0 Å². The van der Waals surface area contributed by atoms with Crippen molar-refractivity contribution in [3.63, 3.8) is 0 Å². The molecule has 0 saturated carbocycles. The summed E-state index contributed by atoms with van der Waals surface area (Å²) in [6.07, 6.45) is -8.81. The Balaban J connectivity index is 1.61. The van der Waals surface area contributed by atoms with Gasteiger partial charge in [-0.2, -0.15) is 26.3 Å². The smallest absolute Gasteiger partial charge is 0.424 e. The maximum atomic E-state index is 14.8. The molecule has 4 aromatic rings. The predicted octanol–water partition coefficient (Wildman–Crippen LogP) is 5.55. The van der Waals surface area contributed by atoms with Crippen LogP contribution in [0.2, 0.25) is 5.02 Å². The van der Waals surface area contributed by atoms with Crippen LogP contribution < -0.4 is 20.1 Å². The number of aliphatic hydroxyl groups is 1. The van der Waals surface area contributed by atoms with Gasteiger partial charge in [-0.1, -0.05) is 23.7 Å². The number of pyridine rings is 2. The van der Waals surface area contributed by atoms with Crippen LogP contribution in [0.4, 0.5) is 26.3 Å². The van der Waals surface area contributed by atoms with Crippen molar-refractivity contribution >= 4 is 34.3 Å². The highest BCUT2D eigenvalue weighted by molar-refractivity contribution is 6.31. The molecule has 16 heteroatoms. The topological polar surface area (TPSA) is 123 Å². The number of hydrogen-bond donors (Lipinski definition) is 3. The molecule has 2 aromatic carbocycles. The molecule has 9 nitrogen and oxygen atoms in total. The number of alkyl halides is 6. The Morgan fingerprint density at radius 1 is 1.09 bits per heavy atom. The van der Waals surface area contributed by atoms with E-state index < -0.39 is 53.0 Å². The summed E-state index contributed by atoms with van der Waals surface area (Å²) >= 11 is 6.01. The molecule has 0 aliphatic carbocycles. The van der Waals surface area contributed by atoms with Gasteiger partial charge in [-0.05, 0) is 43.3 Å². The van der Waals surface area contributed by atoms with Gasteiger partial charge in [0.05, 0.1) is 29.9 Å². The van der Waals surface area contributed by atoms with Gasteiger partial charge in [0.2, 0.25) is 11.5 Å². The average molecular weight is 683 g/mol. The number of fused-ring (bicyclic) bond motifs is 2. The molecule has 5 rings (SSSR count). The number of carbonyl (C=O) groups is 2. The number of hydrogen-bond acceptors (Lipinski definition) is 7. The van der Waals surface area contributed by atoms with Crippen molar-refractivity contribution in [2.24, 2.45) is 0 Å². The second kappa shape index (κ2) is 11.9. The van der Waals surface area contributed by atoms with E-state index in [0.717, 1.165) is 18.2 Å². The average Bonchev–Trinajstić information content (AvgIpc) is 3.38. The predicted molar refractivity (Wildman–Crippen MR) is 157 cm³/mol. The molecular formula is C31H25ClF6N4O5. The second-order valence-electron chi connectivity index (χ2n) is 11.0. The van der Waals surface area contributed by atoms with Crippen molar-refractivity contribution < 1.29 is 50.5 Å². The number of nitrogens with zero attached hydrogens (tertiary/aromatic N) is 2. The van der Waals surface area contributed by atoms with Crippen molar-refractivity contribution in [2.75, 3.05) is 27.3 Å². The van der Waals surface area contributed by atoms with Gasteiger partial charge in [0.25, 0.3) is 5.91 Å². The van der Waals surface area contributed by atoms with Crippen LogP contribution >= 0.6 is 11.6 Å². The molecule has 0 spiro atoms. The van der Waals surface area contributed by atoms with Crippen molar-refractivity contribution in [2.45, 2.75) is 30.3 Å². The number of rotatable bonds is 7. The molecule has 0 bridgehead atoms. The zero-order valence-corrected chi connectivity index (χ0v) is 25.5. The number of ether oxygens (including phenoxy) is 2. The van der Waals surface area contributed by atoms with E-state index in [1.54, 1.807) is 0 Å². The molecule has 0 saturated heterocycles. The molecule has 0 radical (unpaired) electrons. The number of halogens is 7. The van der Waals surface area contributed by atoms with Gasteiger partial charge in [0.1, 0.15) is 34.7 Å². The van der Waals surface area contributed by atoms with E-state index in [0.29, 0.717) is 23.0 Å². The van der Waals surface area contributed by atoms with Crippen LogP contribution in [-0.4, -0.2) is 60.4 Å². The Bertz CT molecular complexity index is 1890. The molecular weight excluding hydrogens is 658 g/mol. The quantitative estimate of drug-likeness (QED) is 0.219. The van der Waals surface area contributed by atoms with Crippen LogP contribution in [0.15, 0.2) is 54.7 Å². The Hall–Kier alpha value is -4.63. The summed E-state index contributed by atoms with van der Waals surface area (Å²) in [5.41, 5.74) is -7.83. The van der Waals surface area contributed by atoms with Gasteiger partial charge in [-0.3, -0.25) is 14.6 Å². The first-order valence-electron chi connectivity index (χ1n) is 13.7. The molecule has 2 atom stereocenters. The normalized spacial score (nSPS) is 17.4. The summed E-state index contributed by atoms with van der Waals surface area (Å²) in [5.74, 6) is -1.69. The minimum absolute atomic E-state index is 0.0821. The fraction of sp³-hybridized carbons (Fsp3) is 0.290. The number of methoxy groups -OCH3 is 1. The monoisotopic (exact) mass is 682 g/mol. The van der Waals surface area contributed by atoms with Crippen molar-refractivity contribution in [1.82, 2.24) is 20.6 Å². The third kappa shape index (κ3) is 6.00. The maximum Gasteiger partial charge on any atom is 0.424 e. The van der Waals surface area contributed by atoms with Crippen molar-refractivity contribution in [3.8, 4) is 22.8 Å². The first-order chi connectivity index (χ1) is 21.9. The molecule has 0 fully saturated rings. The van der Waals surface area contributed by atoms with Crippen LogP contribution in [0.5, 0.6) is 11.5 Å². The van der Waals surface area contributed by atoms with Crippen LogP contribution in [0.3, 0.4) is 0 Å². The van der Waals surface area contributed by atoms with E-state index in [1.807, 2.05) is 0 Å². The van der Waals surface area contributed by atoms with Gasteiger partial charge < -0.3 is 25.2 Å². The molecule has 248 valence electrons. The summed E-state index contributed by atoms with van der Waals surface area (Å²) < 4.78 is 95.0. The van der Waals surface area contributed by atoms with E-state index in [2.05, 4.69) is 20.6 Å². The van der Waals surface area contributed by atoms with E-state index in [4.69, 9.17) is 21.1 Å². The van der Waals surface area contributed by atoms with Gasteiger partial charge in [-0.15, -0.1) is 0 Å². The zero-order chi connectivity index (χ0) is 34.5. The lowest BCUT2D eigenvalue weighted by Gasteiger charge is -2.31. The van der Waals surface area contributed by atoms with Crippen LogP contribution in [0.1, 0.15) is 34.1 Å². The first kappa shape index (κ1) is 33.7. The molecule has 47 heavy (non-hydrogen) atoms. The number of benzene rings is 2.